The first-order chi connectivity index (χ1) is 19.4. The SMILES string of the molecule is COC(=O)CCC1OB(O)c2cc(O)cc(C)c21.Cc1cc(O)cc2c1C(CCC(=O)O)OB2O.OC1CCCO1. The maximum absolute atomic E-state index is 11.1. The van der Waals surface area contributed by atoms with E-state index >= 15 is 0 Å². The number of rotatable bonds is 6. The number of phenols is 2. The van der Waals surface area contributed by atoms with Crippen LogP contribution in [-0.2, 0) is 28.4 Å². The number of aryl methyl sites for hydroxylation is 2. The molecule has 2 aromatic rings. The molecular formula is C27H36B2O12. The topological polar surface area (TPSA) is 192 Å². The Kier molecular flexibility index (Phi) is 11.6. The van der Waals surface area contributed by atoms with Crippen molar-refractivity contribution in [2.45, 2.75) is 70.9 Å². The fourth-order valence-corrected chi connectivity index (χ4v) is 5.09. The van der Waals surface area contributed by atoms with Gasteiger partial charge in [0.05, 0.1) is 19.3 Å². The van der Waals surface area contributed by atoms with E-state index in [1.54, 1.807) is 19.1 Å². The number of carbonyl (C=O) groups is 2. The van der Waals surface area contributed by atoms with Crippen molar-refractivity contribution < 1.29 is 58.8 Å². The van der Waals surface area contributed by atoms with Crippen LogP contribution in [0, 0.1) is 13.8 Å². The molecule has 41 heavy (non-hydrogen) atoms. The molecule has 3 atom stereocenters. The molecule has 222 valence electrons. The number of phenolic OH excluding ortho intramolecular Hbond substituents is 2. The van der Waals surface area contributed by atoms with Gasteiger partial charge in [-0.1, -0.05) is 0 Å². The third-order valence-electron chi connectivity index (χ3n) is 6.93. The lowest BCUT2D eigenvalue weighted by atomic mass is 9.77. The summed E-state index contributed by atoms with van der Waals surface area (Å²) in [7, 11) is -0.799. The van der Waals surface area contributed by atoms with Crippen molar-refractivity contribution in [1.82, 2.24) is 0 Å². The molecular weight excluding hydrogens is 538 g/mol. The van der Waals surface area contributed by atoms with E-state index in [4.69, 9.17) is 24.3 Å². The number of ether oxygens (including phenoxy) is 2. The van der Waals surface area contributed by atoms with Crippen molar-refractivity contribution >= 4 is 37.1 Å². The highest BCUT2D eigenvalue weighted by Crippen LogP contribution is 2.33. The largest absolute Gasteiger partial charge is 0.508 e. The number of benzene rings is 2. The number of fused-ring (bicyclic) bond motifs is 2. The minimum Gasteiger partial charge on any atom is -0.508 e. The van der Waals surface area contributed by atoms with Gasteiger partial charge in [0.15, 0.2) is 6.29 Å². The number of carbonyl (C=O) groups excluding carboxylic acids is 1. The molecule has 3 heterocycles. The summed E-state index contributed by atoms with van der Waals surface area (Å²) in [4.78, 5) is 21.7. The van der Waals surface area contributed by atoms with Gasteiger partial charge in [-0.15, -0.1) is 0 Å². The van der Waals surface area contributed by atoms with E-state index in [2.05, 4.69) is 4.74 Å². The third kappa shape index (κ3) is 8.68. The molecule has 1 fully saturated rings. The minimum absolute atomic E-state index is 0.0167. The first-order valence-electron chi connectivity index (χ1n) is 13.3. The number of methoxy groups -OCH3 is 1. The van der Waals surface area contributed by atoms with Crippen molar-refractivity contribution in [2.24, 2.45) is 0 Å². The molecule has 1 saturated heterocycles. The third-order valence-corrected chi connectivity index (χ3v) is 6.93. The first kappa shape index (κ1) is 32.4. The van der Waals surface area contributed by atoms with E-state index in [-0.39, 0.29) is 36.4 Å². The van der Waals surface area contributed by atoms with Gasteiger partial charge in [-0.05, 0) is 90.6 Å². The van der Waals surface area contributed by atoms with Crippen LogP contribution in [0.1, 0.15) is 73.0 Å². The zero-order valence-electron chi connectivity index (χ0n) is 23.3. The Hall–Kier alpha value is -3.13. The first-order valence-corrected chi connectivity index (χ1v) is 13.3. The van der Waals surface area contributed by atoms with Crippen molar-refractivity contribution in [3.05, 3.63) is 46.5 Å². The summed E-state index contributed by atoms with van der Waals surface area (Å²) in [6.07, 6.45) is 1.59. The van der Waals surface area contributed by atoms with Crippen LogP contribution >= 0.6 is 0 Å². The summed E-state index contributed by atoms with van der Waals surface area (Å²) in [5, 5.41) is 55.5. The number of aliphatic hydroxyl groups excluding tert-OH is 1. The number of hydrogen-bond donors (Lipinski definition) is 6. The van der Waals surface area contributed by atoms with Crippen LogP contribution in [0.2, 0.25) is 0 Å². The van der Waals surface area contributed by atoms with Gasteiger partial charge in [0, 0.05) is 25.9 Å². The predicted octanol–water partition coefficient (Wildman–Crippen LogP) is 0.852. The van der Waals surface area contributed by atoms with Crippen LogP contribution in [0.3, 0.4) is 0 Å². The average molecular weight is 574 g/mol. The summed E-state index contributed by atoms with van der Waals surface area (Å²) in [6.45, 7) is 4.37. The maximum Gasteiger partial charge on any atom is 0.492 e. The van der Waals surface area contributed by atoms with Crippen molar-refractivity contribution in [3.63, 3.8) is 0 Å². The van der Waals surface area contributed by atoms with E-state index in [9.17, 15) is 29.9 Å². The Balaban J connectivity index is 0.000000188. The fraction of sp³-hybridized carbons (Fsp3) is 0.481. The standard InChI is InChI=1S/C12H15BO5.C11H13BO5.C4H8O2/c1-7-5-8(14)6-9-12(7)10(18-13(9)16)3-4-11(15)17-2;1-6-4-7(13)5-8-11(6)9(17-12(8)16)2-3-10(14)15;5-4-2-1-3-6-4/h5-6,10,14,16H,3-4H2,1-2H3;4-5,9,13,16H,2-3H2,1H3,(H,14,15);4-5H,1-3H2. The Morgan fingerprint density at radius 3 is 1.76 bits per heavy atom. The molecule has 0 radical (unpaired) electrons. The fourth-order valence-electron chi connectivity index (χ4n) is 5.09. The summed E-state index contributed by atoms with van der Waals surface area (Å²) >= 11 is 0. The molecule has 3 aliphatic rings. The van der Waals surface area contributed by atoms with Gasteiger partial charge in [-0.25, -0.2) is 0 Å². The quantitative estimate of drug-likeness (QED) is 0.211. The molecule has 3 aliphatic heterocycles. The van der Waals surface area contributed by atoms with E-state index in [1.807, 2.05) is 6.92 Å². The molecule has 0 bridgehead atoms. The lowest BCUT2D eigenvalue weighted by molar-refractivity contribution is -0.141. The molecule has 0 amide bonds. The molecule has 2 aromatic carbocycles. The Bertz CT molecular complexity index is 1220. The molecule has 0 aromatic heterocycles. The highest BCUT2D eigenvalue weighted by atomic mass is 16.6. The van der Waals surface area contributed by atoms with Gasteiger partial charge in [-0.2, -0.15) is 0 Å². The molecule has 5 rings (SSSR count). The summed E-state index contributed by atoms with van der Waals surface area (Å²) in [5.74, 6) is -1.03. The molecule has 0 aliphatic carbocycles. The average Bonchev–Trinajstić information content (AvgIpc) is 3.60. The number of aliphatic hydroxyl groups is 1. The molecule has 14 heteroatoms. The Morgan fingerprint density at radius 2 is 1.39 bits per heavy atom. The molecule has 6 N–H and O–H groups in total. The maximum atomic E-state index is 11.1. The van der Waals surface area contributed by atoms with Crippen LogP contribution in [-0.4, -0.2) is 76.7 Å². The van der Waals surface area contributed by atoms with Gasteiger partial charge in [-0.3, -0.25) is 9.59 Å². The van der Waals surface area contributed by atoms with Crippen LogP contribution in [0.15, 0.2) is 24.3 Å². The second kappa shape index (κ2) is 14.7. The second-order valence-electron chi connectivity index (χ2n) is 10.0. The van der Waals surface area contributed by atoms with Crippen molar-refractivity contribution in [3.8, 4) is 11.5 Å². The Labute approximate surface area is 238 Å². The minimum atomic E-state index is -1.09. The van der Waals surface area contributed by atoms with E-state index in [0.29, 0.717) is 23.8 Å². The van der Waals surface area contributed by atoms with Crippen LogP contribution in [0.5, 0.6) is 11.5 Å². The monoisotopic (exact) mass is 574 g/mol. The van der Waals surface area contributed by atoms with Crippen LogP contribution in [0.25, 0.3) is 0 Å². The van der Waals surface area contributed by atoms with E-state index < -0.39 is 32.6 Å². The lowest BCUT2D eigenvalue weighted by Crippen LogP contribution is -2.28. The lowest BCUT2D eigenvalue weighted by Gasteiger charge is -2.13. The molecule has 12 nitrogen and oxygen atoms in total. The summed E-state index contributed by atoms with van der Waals surface area (Å²) in [5.41, 5.74) is 4.38. The van der Waals surface area contributed by atoms with E-state index in [1.165, 1.54) is 19.2 Å². The summed E-state index contributed by atoms with van der Waals surface area (Å²) < 4.78 is 20.0. The summed E-state index contributed by atoms with van der Waals surface area (Å²) in [6, 6.07) is 6.14. The molecule has 0 spiro atoms. The van der Waals surface area contributed by atoms with Gasteiger partial charge >= 0.3 is 26.2 Å². The zero-order chi connectivity index (χ0) is 30.3. The van der Waals surface area contributed by atoms with E-state index in [0.717, 1.165) is 41.7 Å². The number of hydrogen-bond acceptors (Lipinski definition) is 11. The van der Waals surface area contributed by atoms with Crippen LogP contribution in [0.4, 0.5) is 0 Å². The van der Waals surface area contributed by atoms with Crippen LogP contribution < -0.4 is 10.9 Å². The molecule has 3 unspecified atom stereocenters. The highest BCUT2D eigenvalue weighted by Gasteiger charge is 2.37. The predicted molar refractivity (Wildman–Crippen MR) is 148 cm³/mol. The Morgan fingerprint density at radius 1 is 0.902 bits per heavy atom. The normalized spacial score (nSPS) is 20.4. The number of aliphatic carboxylic acids is 1. The number of carboxylic acid groups (broad SMARTS) is 1. The molecule has 0 saturated carbocycles. The highest BCUT2D eigenvalue weighted by molar-refractivity contribution is 6.62. The smallest absolute Gasteiger partial charge is 0.492 e. The van der Waals surface area contributed by atoms with Crippen molar-refractivity contribution in [1.29, 1.82) is 0 Å². The zero-order valence-corrected chi connectivity index (χ0v) is 23.3. The number of esters is 1. The second-order valence-corrected chi connectivity index (χ2v) is 10.0. The van der Waals surface area contributed by atoms with Gasteiger partial charge in [0.2, 0.25) is 0 Å². The number of aromatic hydroxyl groups is 2. The van der Waals surface area contributed by atoms with Crippen molar-refractivity contribution in [2.75, 3.05) is 13.7 Å². The van der Waals surface area contributed by atoms with Gasteiger partial charge in [0.25, 0.3) is 0 Å². The van der Waals surface area contributed by atoms with Gasteiger partial charge < -0.3 is 49.3 Å². The van der Waals surface area contributed by atoms with Gasteiger partial charge in [0.1, 0.15) is 11.5 Å². The number of carboxylic acids is 1.